The van der Waals surface area contributed by atoms with Crippen molar-refractivity contribution < 1.29 is 9.90 Å². The summed E-state index contributed by atoms with van der Waals surface area (Å²) in [5.41, 5.74) is 1.84. The molecular weight excluding hydrogens is 238 g/mol. The number of nitrogens with zero attached hydrogens (tertiary/aromatic N) is 1. The number of benzene rings is 1. The van der Waals surface area contributed by atoms with Crippen molar-refractivity contribution in [1.82, 2.24) is 4.57 Å². The van der Waals surface area contributed by atoms with E-state index in [4.69, 9.17) is 16.7 Å². The lowest BCUT2D eigenvalue weighted by Gasteiger charge is -2.08. The molecule has 0 radical (unpaired) electrons. The van der Waals surface area contributed by atoms with E-state index < -0.39 is 5.97 Å². The molecule has 0 spiro atoms. The normalized spacial score (nSPS) is 11.3. The van der Waals surface area contributed by atoms with E-state index in [0.29, 0.717) is 11.1 Å². The Kier molecular flexibility index (Phi) is 3.11. The van der Waals surface area contributed by atoms with Crippen LogP contribution in [0.2, 0.25) is 5.02 Å². The molecular formula is C13H14ClNO2. The predicted molar refractivity (Wildman–Crippen MR) is 68.7 cm³/mol. The fraction of sp³-hybridized carbons (Fsp3) is 0.308. The molecule has 0 saturated heterocycles. The minimum absolute atomic E-state index is 0.0244. The van der Waals surface area contributed by atoms with Gasteiger partial charge in [-0.15, -0.1) is 0 Å². The summed E-state index contributed by atoms with van der Waals surface area (Å²) in [6.45, 7) is 4.14. The SMILES string of the molecule is CC(C)n1cc(CC(=O)O)c2cc(Cl)ccc21. The maximum atomic E-state index is 10.8. The van der Waals surface area contributed by atoms with E-state index >= 15 is 0 Å². The Morgan fingerprint density at radius 2 is 2.18 bits per heavy atom. The van der Waals surface area contributed by atoms with Crippen LogP contribution in [0.15, 0.2) is 24.4 Å². The maximum absolute atomic E-state index is 10.8. The summed E-state index contributed by atoms with van der Waals surface area (Å²) < 4.78 is 2.07. The lowest BCUT2D eigenvalue weighted by molar-refractivity contribution is -0.136. The molecule has 90 valence electrons. The molecule has 3 nitrogen and oxygen atoms in total. The van der Waals surface area contributed by atoms with Gasteiger partial charge in [-0.05, 0) is 37.6 Å². The molecule has 0 aliphatic heterocycles. The molecule has 2 rings (SSSR count). The Morgan fingerprint density at radius 1 is 1.47 bits per heavy atom. The molecule has 0 aliphatic rings. The average molecular weight is 252 g/mol. The van der Waals surface area contributed by atoms with Crippen LogP contribution < -0.4 is 0 Å². The largest absolute Gasteiger partial charge is 0.481 e. The molecule has 2 aromatic rings. The van der Waals surface area contributed by atoms with E-state index in [1.807, 2.05) is 24.4 Å². The number of fused-ring (bicyclic) bond motifs is 1. The van der Waals surface area contributed by atoms with Gasteiger partial charge in [-0.2, -0.15) is 0 Å². The first-order chi connectivity index (χ1) is 7.99. The quantitative estimate of drug-likeness (QED) is 0.907. The Balaban J connectivity index is 2.66. The molecule has 0 bridgehead atoms. The van der Waals surface area contributed by atoms with E-state index in [1.165, 1.54) is 0 Å². The number of hydrogen-bond donors (Lipinski definition) is 1. The van der Waals surface area contributed by atoms with Crippen molar-refractivity contribution in [3.63, 3.8) is 0 Å². The van der Waals surface area contributed by atoms with Crippen LogP contribution in [-0.4, -0.2) is 15.6 Å². The summed E-state index contributed by atoms with van der Waals surface area (Å²) >= 11 is 5.96. The van der Waals surface area contributed by atoms with E-state index in [9.17, 15) is 4.79 Å². The number of carbonyl (C=O) groups is 1. The second-order valence-electron chi connectivity index (χ2n) is 4.39. The first-order valence-electron chi connectivity index (χ1n) is 5.50. The summed E-state index contributed by atoms with van der Waals surface area (Å²) in [7, 11) is 0. The van der Waals surface area contributed by atoms with Crippen LogP contribution in [0, 0.1) is 0 Å². The number of hydrogen-bond acceptors (Lipinski definition) is 1. The summed E-state index contributed by atoms with van der Waals surface area (Å²) in [6, 6.07) is 5.88. The zero-order valence-electron chi connectivity index (χ0n) is 9.77. The van der Waals surface area contributed by atoms with Crippen molar-refractivity contribution in [1.29, 1.82) is 0 Å². The smallest absolute Gasteiger partial charge is 0.307 e. The third kappa shape index (κ3) is 2.29. The van der Waals surface area contributed by atoms with Crippen LogP contribution in [0.5, 0.6) is 0 Å². The molecule has 0 saturated carbocycles. The first-order valence-corrected chi connectivity index (χ1v) is 5.87. The highest BCUT2D eigenvalue weighted by molar-refractivity contribution is 6.31. The lowest BCUT2D eigenvalue weighted by atomic mass is 10.1. The third-order valence-electron chi connectivity index (χ3n) is 2.78. The van der Waals surface area contributed by atoms with Gasteiger partial charge in [0.1, 0.15) is 0 Å². The second-order valence-corrected chi connectivity index (χ2v) is 4.82. The molecule has 1 aromatic heterocycles. The Labute approximate surface area is 105 Å². The second kappa shape index (κ2) is 4.41. The lowest BCUT2D eigenvalue weighted by Crippen LogP contribution is -2.00. The zero-order chi connectivity index (χ0) is 12.6. The Morgan fingerprint density at radius 3 is 2.76 bits per heavy atom. The molecule has 0 unspecified atom stereocenters. The molecule has 0 aliphatic carbocycles. The number of carboxylic acid groups (broad SMARTS) is 1. The van der Waals surface area contributed by atoms with Gasteiger partial charge >= 0.3 is 5.97 Å². The highest BCUT2D eigenvalue weighted by Crippen LogP contribution is 2.27. The van der Waals surface area contributed by atoms with E-state index in [2.05, 4.69) is 18.4 Å². The highest BCUT2D eigenvalue weighted by atomic mass is 35.5. The molecule has 17 heavy (non-hydrogen) atoms. The van der Waals surface area contributed by atoms with Crippen molar-refractivity contribution in [3.8, 4) is 0 Å². The van der Waals surface area contributed by atoms with Crippen LogP contribution in [0.3, 0.4) is 0 Å². The maximum Gasteiger partial charge on any atom is 0.307 e. The Hall–Kier alpha value is -1.48. The van der Waals surface area contributed by atoms with Crippen molar-refractivity contribution >= 4 is 28.5 Å². The molecule has 0 amide bonds. The number of aromatic nitrogens is 1. The van der Waals surface area contributed by atoms with Crippen LogP contribution >= 0.6 is 11.6 Å². The van der Waals surface area contributed by atoms with Gasteiger partial charge in [0, 0.05) is 28.2 Å². The van der Waals surface area contributed by atoms with E-state index in [-0.39, 0.29) is 6.42 Å². The zero-order valence-corrected chi connectivity index (χ0v) is 10.5. The van der Waals surface area contributed by atoms with Gasteiger partial charge in [0.25, 0.3) is 0 Å². The van der Waals surface area contributed by atoms with Crippen LogP contribution in [-0.2, 0) is 11.2 Å². The van der Waals surface area contributed by atoms with Gasteiger partial charge in [-0.3, -0.25) is 4.79 Å². The monoisotopic (exact) mass is 251 g/mol. The standard InChI is InChI=1S/C13H14ClNO2/c1-8(2)15-7-9(5-13(16)17)11-6-10(14)3-4-12(11)15/h3-4,6-8H,5H2,1-2H3,(H,16,17). The van der Waals surface area contributed by atoms with Gasteiger partial charge in [-0.1, -0.05) is 11.6 Å². The molecule has 1 N–H and O–H groups in total. The molecule has 1 heterocycles. The predicted octanol–water partition coefficient (Wildman–Crippen LogP) is 3.50. The highest BCUT2D eigenvalue weighted by Gasteiger charge is 2.13. The Bertz CT molecular complexity index is 572. The van der Waals surface area contributed by atoms with E-state index in [0.717, 1.165) is 16.5 Å². The number of rotatable bonds is 3. The number of carboxylic acids is 1. The molecule has 0 fully saturated rings. The summed E-state index contributed by atoms with van der Waals surface area (Å²) in [5.74, 6) is -0.826. The van der Waals surface area contributed by atoms with Gasteiger partial charge in [-0.25, -0.2) is 0 Å². The van der Waals surface area contributed by atoms with Crippen molar-refractivity contribution in [2.75, 3.05) is 0 Å². The fourth-order valence-corrected chi connectivity index (χ4v) is 2.20. The van der Waals surface area contributed by atoms with Crippen molar-refractivity contribution in [2.45, 2.75) is 26.3 Å². The summed E-state index contributed by atoms with van der Waals surface area (Å²) in [6.07, 6.45) is 1.93. The van der Waals surface area contributed by atoms with Crippen LogP contribution in [0.4, 0.5) is 0 Å². The van der Waals surface area contributed by atoms with Crippen molar-refractivity contribution in [3.05, 3.63) is 35.0 Å². The van der Waals surface area contributed by atoms with Crippen LogP contribution in [0.1, 0.15) is 25.5 Å². The first kappa shape index (κ1) is 12.0. The molecule has 4 heteroatoms. The third-order valence-corrected chi connectivity index (χ3v) is 3.01. The molecule has 1 aromatic carbocycles. The summed E-state index contributed by atoms with van der Waals surface area (Å²) in [4.78, 5) is 10.8. The number of aliphatic carboxylic acids is 1. The van der Waals surface area contributed by atoms with Crippen LogP contribution in [0.25, 0.3) is 10.9 Å². The molecule has 0 atom stereocenters. The topological polar surface area (TPSA) is 42.2 Å². The average Bonchev–Trinajstić information content (AvgIpc) is 2.56. The van der Waals surface area contributed by atoms with Gasteiger partial charge < -0.3 is 9.67 Å². The van der Waals surface area contributed by atoms with E-state index in [1.54, 1.807) is 0 Å². The minimum Gasteiger partial charge on any atom is -0.481 e. The summed E-state index contributed by atoms with van der Waals surface area (Å²) in [5, 5.41) is 10.5. The number of halogens is 1. The van der Waals surface area contributed by atoms with Crippen molar-refractivity contribution in [2.24, 2.45) is 0 Å². The van der Waals surface area contributed by atoms with Gasteiger partial charge in [0.2, 0.25) is 0 Å². The van der Waals surface area contributed by atoms with Gasteiger partial charge in [0.15, 0.2) is 0 Å². The fourth-order valence-electron chi connectivity index (χ4n) is 2.03. The van der Waals surface area contributed by atoms with Gasteiger partial charge in [0.05, 0.1) is 6.42 Å². The minimum atomic E-state index is -0.826.